The second-order valence-corrected chi connectivity index (χ2v) is 7.54. The standard InChI is InChI=1S/C21H28N4O2/c1-15-6-5-7-18(23-15)24-19-14-17(8-11-22-19)16-9-12-25(13-10-16)20(26)21(2,3)27-4/h5-8,11,14,16H,9-10,12-13H2,1-4H3,(H,22,23,24). The van der Waals surface area contributed by atoms with Crippen LogP contribution in [0.15, 0.2) is 36.5 Å². The van der Waals surface area contributed by atoms with Gasteiger partial charge in [-0.3, -0.25) is 4.79 Å². The molecular formula is C21H28N4O2. The summed E-state index contributed by atoms with van der Waals surface area (Å²) in [5.41, 5.74) is 1.45. The molecule has 6 nitrogen and oxygen atoms in total. The van der Waals surface area contributed by atoms with Crippen molar-refractivity contribution in [1.29, 1.82) is 0 Å². The Bertz CT molecular complexity index is 798. The molecule has 1 aliphatic heterocycles. The summed E-state index contributed by atoms with van der Waals surface area (Å²) in [6.07, 6.45) is 3.72. The van der Waals surface area contributed by atoms with E-state index in [1.165, 1.54) is 5.56 Å². The van der Waals surface area contributed by atoms with Gasteiger partial charge in [-0.2, -0.15) is 0 Å². The maximum absolute atomic E-state index is 12.6. The fraction of sp³-hybridized carbons (Fsp3) is 0.476. The number of hydrogen-bond donors (Lipinski definition) is 1. The molecule has 1 fully saturated rings. The van der Waals surface area contributed by atoms with Crippen LogP contribution in [0.25, 0.3) is 0 Å². The number of carbonyl (C=O) groups is 1. The lowest BCUT2D eigenvalue weighted by Crippen LogP contribution is -2.49. The van der Waals surface area contributed by atoms with Crippen LogP contribution in [0.3, 0.4) is 0 Å². The van der Waals surface area contributed by atoms with E-state index in [0.717, 1.165) is 43.3 Å². The van der Waals surface area contributed by atoms with Gasteiger partial charge in [0.25, 0.3) is 5.91 Å². The summed E-state index contributed by atoms with van der Waals surface area (Å²) in [6, 6.07) is 10.0. The van der Waals surface area contributed by atoms with Gasteiger partial charge < -0.3 is 15.0 Å². The minimum atomic E-state index is -0.762. The van der Waals surface area contributed by atoms with Gasteiger partial charge in [0, 0.05) is 32.1 Å². The number of aryl methyl sites for hydroxylation is 1. The molecular weight excluding hydrogens is 340 g/mol. The van der Waals surface area contributed by atoms with Crippen LogP contribution >= 0.6 is 0 Å². The number of aromatic nitrogens is 2. The van der Waals surface area contributed by atoms with E-state index in [9.17, 15) is 4.79 Å². The van der Waals surface area contributed by atoms with Crippen molar-refractivity contribution in [3.8, 4) is 0 Å². The van der Waals surface area contributed by atoms with Gasteiger partial charge in [-0.25, -0.2) is 9.97 Å². The first-order valence-corrected chi connectivity index (χ1v) is 9.40. The van der Waals surface area contributed by atoms with E-state index in [1.54, 1.807) is 7.11 Å². The summed E-state index contributed by atoms with van der Waals surface area (Å²) < 4.78 is 5.33. The third-order valence-electron chi connectivity index (χ3n) is 5.21. The second-order valence-electron chi connectivity index (χ2n) is 7.54. The van der Waals surface area contributed by atoms with E-state index in [4.69, 9.17) is 4.74 Å². The van der Waals surface area contributed by atoms with Crippen molar-refractivity contribution >= 4 is 17.5 Å². The topological polar surface area (TPSA) is 67.3 Å². The molecule has 1 saturated heterocycles. The van der Waals surface area contributed by atoms with Gasteiger partial charge in [-0.05, 0) is 69.4 Å². The van der Waals surface area contributed by atoms with Crippen molar-refractivity contribution in [1.82, 2.24) is 14.9 Å². The van der Waals surface area contributed by atoms with Crippen LogP contribution in [-0.2, 0) is 9.53 Å². The van der Waals surface area contributed by atoms with Crippen LogP contribution in [-0.4, -0.2) is 46.6 Å². The Hall–Kier alpha value is -2.47. The van der Waals surface area contributed by atoms with Gasteiger partial charge in [0.05, 0.1) is 0 Å². The third-order valence-corrected chi connectivity index (χ3v) is 5.21. The first kappa shape index (κ1) is 19.3. The van der Waals surface area contributed by atoms with E-state index in [2.05, 4.69) is 27.4 Å². The lowest BCUT2D eigenvalue weighted by molar-refractivity contribution is -0.152. The van der Waals surface area contributed by atoms with Crippen LogP contribution in [0, 0.1) is 6.92 Å². The van der Waals surface area contributed by atoms with Gasteiger partial charge in [0.2, 0.25) is 0 Å². The molecule has 3 rings (SSSR count). The zero-order valence-corrected chi connectivity index (χ0v) is 16.5. The maximum atomic E-state index is 12.6. The number of nitrogens with zero attached hydrogens (tertiary/aromatic N) is 3. The molecule has 1 amide bonds. The molecule has 0 bridgehead atoms. The van der Waals surface area contributed by atoms with E-state index >= 15 is 0 Å². The number of hydrogen-bond acceptors (Lipinski definition) is 5. The smallest absolute Gasteiger partial charge is 0.254 e. The van der Waals surface area contributed by atoms with E-state index < -0.39 is 5.60 Å². The lowest BCUT2D eigenvalue weighted by Gasteiger charge is -2.36. The number of amides is 1. The lowest BCUT2D eigenvalue weighted by atomic mass is 9.89. The third kappa shape index (κ3) is 4.63. The summed E-state index contributed by atoms with van der Waals surface area (Å²) in [6.45, 7) is 7.11. The summed E-state index contributed by atoms with van der Waals surface area (Å²) in [5, 5.41) is 3.28. The number of anilines is 2. The molecule has 1 N–H and O–H groups in total. The molecule has 0 atom stereocenters. The van der Waals surface area contributed by atoms with Gasteiger partial charge >= 0.3 is 0 Å². The Morgan fingerprint density at radius 1 is 1.22 bits per heavy atom. The van der Waals surface area contributed by atoms with Crippen LogP contribution in [0.2, 0.25) is 0 Å². The SMILES string of the molecule is COC(C)(C)C(=O)N1CCC(c2ccnc(Nc3cccc(C)n3)c2)CC1. The molecule has 0 spiro atoms. The number of likely N-dealkylation sites (tertiary alicyclic amines) is 1. The van der Waals surface area contributed by atoms with Crippen molar-refractivity contribution in [3.63, 3.8) is 0 Å². The predicted octanol–water partition coefficient (Wildman–Crippen LogP) is 3.66. The Morgan fingerprint density at radius 3 is 2.63 bits per heavy atom. The average molecular weight is 368 g/mol. The Labute approximate surface area is 161 Å². The van der Waals surface area contributed by atoms with E-state index in [0.29, 0.717) is 5.92 Å². The van der Waals surface area contributed by atoms with Crippen molar-refractivity contribution in [3.05, 3.63) is 47.8 Å². The second kappa shape index (κ2) is 8.05. The quantitative estimate of drug-likeness (QED) is 0.872. The molecule has 3 heterocycles. The van der Waals surface area contributed by atoms with Crippen LogP contribution in [0.4, 0.5) is 11.6 Å². The molecule has 0 unspecified atom stereocenters. The number of ether oxygens (including phenoxy) is 1. The largest absolute Gasteiger partial charge is 0.369 e. The summed E-state index contributed by atoms with van der Waals surface area (Å²) in [5.74, 6) is 2.08. The number of rotatable bonds is 5. The number of nitrogens with one attached hydrogen (secondary N) is 1. The van der Waals surface area contributed by atoms with Gasteiger partial charge in [0.1, 0.15) is 17.2 Å². The molecule has 27 heavy (non-hydrogen) atoms. The van der Waals surface area contributed by atoms with Crippen LogP contribution < -0.4 is 5.32 Å². The van der Waals surface area contributed by atoms with Gasteiger partial charge in [-0.1, -0.05) is 6.07 Å². The van der Waals surface area contributed by atoms with Crippen LogP contribution in [0.5, 0.6) is 0 Å². The minimum Gasteiger partial charge on any atom is -0.369 e. The van der Waals surface area contributed by atoms with Crippen molar-refractivity contribution in [2.24, 2.45) is 0 Å². The normalized spacial score (nSPS) is 15.6. The fourth-order valence-corrected chi connectivity index (χ4v) is 3.40. The highest BCUT2D eigenvalue weighted by Gasteiger charge is 2.34. The Morgan fingerprint density at radius 2 is 1.96 bits per heavy atom. The highest BCUT2D eigenvalue weighted by Crippen LogP contribution is 2.30. The Kier molecular flexibility index (Phi) is 5.75. The molecule has 0 saturated carbocycles. The van der Waals surface area contributed by atoms with Crippen molar-refractivity contribution in [2.75, 3.05) is 25.5 Å². The van der Waals surface area contributed by atoms with Crippen molar-refractivity contribution in [2.45, 2.75) is 45.1 Å². The molecule has 0 radical (unpaired) electrons. The fourth-order valence-electron chi connectivity index (χ4n) is 3.40. The Balaban J connectivity index is 1.64. The summed E-state index contributed by atoms with van der Waals surface area (Å²) in [4.78, 5) is 23.3. The number of methoxy groups -OCH3 is 1. The first-order chi connectivity index (χ1) is 12.9. The van der Waals surface area contributed by atoms with E-state index in [1.807, 2.05) is 50.1 Å². The molecule has 0 aromatic carbocycles. The van der Waals surface area contributed by atoms with E-state index in [-0.39, 0.29) is 5.91 Å². The molecule has 2 aromatic heterocycles. The zero-order valence-electron chi connectivity index (χ0n) is 16.5. The van der Waals surface area contributed by atoms with Gasteiger partial charge in [0.15, 0.2) is 0 Å². The monoisotopic (exact) mass is 368 g/mol. The van der Waals surface area contributed by atoms with Gasteiger partial charge in [-0.15, -0.1) is 0 Å². The number of piperidine rings is 1. The number of pyridine rings is 2. The maximum Gasteiger partial charge on any atom is 0.254 e. The number of carbonyl (C=O) groups excluding carboxylic acids is 1. The first-order valence-electron chi connectivity index (χ1n) is 9.40. The highest BCUT2D eigenvalue weighted by atomic mass is 16.5. The molecule has 144 valence electrons. The molecule has 6 heteroatoms. The summed E-state index contributed by atoms with van der Waals surface area (Å²) >= 11 is 0. The van der Waals surface area contributed by atoms with Crippen molar-refractivity contribution < 1.29 is 9.53 Å². The summed E-state index contributed by atoms with van der Waals surface area (Å²) in [7, 11) is 1.58. The minimum absolute atomic E-state index is 0.0612. The zero-order chi connectivity index (χ0) is 19.4. The highest BCUT2D eigenvalue weighted by molar-refractivity contribution is 5.84. The molecule has 0 aliphatic carbocycles. The molecule has 2 aromatic rings. The van der Waals surface area contributed by atoms with Crippen LogP contribution in [0.1, 0.15) is 43.9 Å². The average Bonchev–Trinajstić information content (AvgIpc) is 2.68. The predicted molar refractivity (Wildman–Crippen MR) is 106 cm³/mol. The molecule has 1 aliphatic rings.